The van der Waals surface area contributed by atoms with E-state index in [9.17, 15) is 4.79 Å². The minimum atomic E-state index is -0.255. The van der Waals surface area contributed by atoms with Crippen molar-refractivity contribution in [2.45, 2.75) is 19.4 Å². The summed E-state index contributed by atoms with van der Waals surface area (Å²) < 4.78 is 0. The zero-order valence-corrected chi connectivity index (χ0v) is 9.84. The van der Waals surface area contributed by atoms with E-state index in [1.54, 1.807) is 24.4 Å². The maximum absolute atomic E-state index is 11.6. The van der Waals surface area contributed by atoms with Crippen molar-refractivity contribution in [2.24, 2.45) is 0 Å². The summed E-state index contributed by atoms with van der Waals surface area (Å²) in [5.41, 5.74) is 0.191. The van der Waals surface area contributed by atoms with Crippen molar-refractivity contribution in [2.75, 3.05) is 5.33 Å². The molecule has 0 bridgehead atoms. The molecule has 1 N–H and O–H groups in total. The Hall–Kier alpha value is -0.900. The molecule has 0 radical (unpaired) electrons. The number of hydrogen-bond donors (Lipinski definition) is 1. The number of pyridine rings is 1. The molecular formula is C10H13BrN2O. The molecule has 0 fully saturated rings. The molecule has 0 aliphatic rings. The monoisotopic (exact) mass is 256 g/mol. The van der Waals surface area contributed by atoms with Gasteiger partial charge < -0.3 is 5.32 Å². The maximum Gasteiger partial charge on any atom is 0.270 e. The first-order chi connectivity index (χ1) is 6.55. The van der Waals surface area contributed by atoms with Crippen LogP contribution in [0.2, 0.25) is 0 Å². The van der Waals surface area contributed by atoms with Crippen LogP contribution < -0.4 is 5.32 Å². The Morgan fingerprint density at radius 2 is 2.29 bits per heavy atom. The second kappa shape index (κ2) is 4.55. The SMILES string of the molecule is CC(C)(CBr)NC(=O)c1ccccn1. The average molecular weight is 257 g/mol. The molecule has 0 aliphatic heterocycles. The van der Waals surface area contributed by atoms with Crippen LogP contribution in [0, 0.1) is 0 Å². The molecule has 1 rings (SSSR count). The lowest BCUT2D eigenvalue weighted by Gasteiger charge is -2.23. The third kappa shape index (κ3) is 3.10. The van der Waals surface area contributed by atoms with Gasteiger partial charge in [-0.1, -0.05) is 22.0 Å². The van der Waals surface area contributed by atoms with E-state index in [1.807, 2.05) is 13.8 Å². The Bertz CT molecular complexity index is 311. The molecule has 1 aromatic rings. The number of carbonyl (C=O) groups excluding carboxylic acids is 1. The third-order valence-electron chi connectivity index (χ3n) is 1.68. The highest BCUT2D eigenvalue weighted by Gasteiger charge is 2.19. The van der Waals surface area contributed by atoms with Gasteiger partial charge in [0.15, 0.2) is 0 Å². The first kappa shape index (κ1) is 11.2. The van der Waals surface area contributed by atoms with Crippen molar-refractivity contribution in [1.29, 1.82) is 0 Å². The van der Waals surface area contributed by atoms with Crippen molar-refractivity contribution in [3.05, 3.63) is 30.1 Å². The van der Waals surface area contributed by atoms with Gasteiger partial charge in [-0.2, -0.15) is 0 Å². The predicted octanol–water partition coefficient (Wildman–Crippen LogP) is 1.98. The number of amides is 1. The van der Waals surface area contributed by atoms with Crippen molar-refractivity contribution < 1.29 is 4.79 Å². The van der Waals surface area contributed by atoms with E-state index in [1.165, 1.54) is 0 Å². The minimum Gasteiger partial charge on any atom is -0.345 e. The Kier molecular flexibility index (Phi) is 3.63. The smallest absolute Gasteiger partial charge is 0.270 e. The highest BCUT2D eigenvalue weighted by molar-refractivity contribution is 9.09. The maximum atomic E-state index is 11.6. The van der Waals surface area contributed by atoms with Crippen LogP contribution in [0.1, 0.15) is 24.3 Å². The number of rotatable bonds is 3. The molecule has 0 unspecified atom stereocenters. The summed E-state index contributed by atoms with van der Waals surface area (Å²) in [5.74, 6) is -0.143. The van der Waals surface area contributed by atoms with Crippen molar-refractivity contribution in [3.8, 4) is 0 Å². The van der Waals surface area contributed by atoms with Crippen LogP contribution in [0.3, 0.4) is 0 Å². The molecule has 1 aromatic heterocycles. The molecule has 76 valence electrons. The first-order valence-electron chi connectivity index (χ1n) is 4.35. The highest BCUT2D eigenvalue weighted by atomic mass is 79.9. The fourth-order valence-electron chi connectivity index (χ4n) is 0.902. The summed E-state index contributed by atoms with van der Waals surface area (Å²) in [6, 6.07) is 5.27. The van der Waals surface area contributed by atoms with Crippen LogP contribution in [0.5, 0.6) is 0 Å². The number of alkyl halides is 1. The summed E-state index contributed by atoms with van der Waals surface area (Å²) in [7, 11) is 0. The van der Waals surface area contributed by atoms with E-state index in [4.69, 9.17) is 0 Å². The first-order valence-corrected chi connectivity index (χ1v) is 5.47. The van der Waals surface area contributed by atoms with Gasteiger partial charge >= 0.3 is 0 Å². The second-order valence-electron chi connectivity index (χ2n) is 3.69. The van der Waals surface area contributed by atoms with Gasteiger partial charge in [0, 0.05) is 17.1 Å². The minimum absolute atomic E-state index is 0.143. The number of nitrogens with zero attached hydrogens (tertiary/aromatic N) is 1. The van der Waals surface area contributed by atoms with Crippen molar-refractivity contribution in [1.82, 2.24) is 10.3 Å². The normalized spacial score (nSPS) is 11.1. The van der Waals surface area contributed by atoms with Gasteiger partial charge in [-0.25, -0.2) is 0 Å². The molecule has 0 saturated heterocycles. The van der Waals surface area contributed by atoms with Crippen LogP contribution in [0.15, 0.2) is 24.4 Å². The lowest BCUT2D eigenvalue weighted by Crippen LogP contribution is -2.45. The molecule has 14 heavy (non-hydrogen) atoms. The van der Waals surface area contributed by atoms with E-state index in [2.05, 4.69) is 26.2 Å². The number of nitrogens with one attached hydrogen (secondary N) is 1. The number of aromatic nitrogens is 1. The second-order valence-corrected chi connectivity index (χ2v) is 4.25. The van der Waals surface area contributed by atoms with Gasteiger partial charge in [0.1, 0.15) is 5.69 Å². The standard InChI is InChI=1S/C10H13BrN2O/c1-10(2,7-11)13-9(14)8-5-3-4-6-12-8/h3-6H,7H2,1-2H3,(H,13,14). The average Bonchev–Trinajstić information content (AvgIpc) is 2.19. The molecule has 0 atom stereocenters. The lowest BCUT2D eigenvalue weighted by molar-refractivity contribution is 0.0916. The molecule has 0 spiro atoms. The van der Waals surface area contributed by atoms with Crippen LogP contribution in [-0.4, -0.2) is 21.8 Å². The van der Waals surface area contributed by atoms with Crippen LogP contribution in [0.4, 0.5) is 0 Å². The van der Waals surface area contributed by atoms with Crippen LogP contribution in [0.25, 0.3) is 0 Å². The van der Waals surface area contributed by atoms with Crippen LogP contribution >= 0.6 is 15.9 Å². The van der Waals surface area contributed by atoms with Crippen LogP contribution in [-0.2, 0) is 0 Å². The number of hydrogen-bond acceptors (Lipinski definition) is 2. The Morgan fingerprint density at radius 3 is 2.79 bits per heavy atom. The van der Waals surface area contributed by atoms with Gasteiger partial charge in [-0.05, 0) is 26.0 Å². The highest BCUT2D eigenvalue weighted by Crippen LogP contribution is 2.07. The summed E-state index contributed by atoms with van der Waals surface area (Å²) in [6.07, 6.45) is 1.61. The zero-order chi connectivity index (χ0) is 10.6. The Morgan fingerprint density at radius 1 is 1.57 bits per heavy atom. The van der Waals surface area contributed by atoms with E-state index >= 15 is 0 Å². The molecule has 1 heterocycles. The number of carbonyl (C=O) groups is 1. The topological polar surface area (TPSA) is 42.0 Å². The third-order valence-corrected chi connectivity index (χ3v) is 3.09. The van der Waals surface area contributed by atoms with E-state index in [0.717, 1.165) is 0 Å². The van der Waals surface area contributed by atoms with Gasteiger partial charge in [0.05, 0.1) is 0 Å². The Balaban J connectivity index is 2.69. The summed E-state index contributed by atoms with van der Waals surface area (Å²) in [6.45, 7) is 3.89. The molecule has 0 aromatic carbocycles. The van der Waals surface area contributed by atoms with Gasteiger partial charge in [-0.15, -0.1) is 0 Å². The predicted molar refractivity (Wildman–Crippen MR) is 59.6 cm³/mol. The van der Waals surface area contributed by atoms with Gasteiger partial charge in [-0.3, -0.25) is 9.78 Å². The number of halogens is 1. The molecule has 0 aliphatic carbocycles. The zero-order valence-electron chi connectivity index (χ0n) is 8.25. The van der Waals surface area contributed by atoms with Gasteiger partial charge in [0.25, 0.3) is 5.91 Å². The summed E-state index contributed by atoms with van der Waals surface area (Å²) in [5, 5.41) is 3.58. The fourth-order valence-corrected chi connectivity index (χ4v) is 1.04. The lowest BCUT2D eigenvalue weighted by atomic mass is 10.1. The van der Waals surface area contributed by atoms with E-state index < -0.39 is 0 Å². The molecule has 0 saturated carbocycles. The van der Waals surface area contributed by atoms with E-state index in [0.29, 0.717) is 11.0 Å². The quantitative estimate of drug-likeness (QED) is 0.841. The molecule has 1 amide bonds. The molecule has 4 heteroatoms. The molecular weight excluding hydrogens is 244 g/mol. The molecule has 3 nitrogen and oxygen atoms in total. The fraction of sp³-hybridized carbons (Fsp3) is 0.400. The summed E-state index contributed by atoms with van der Waals surface area (Å²) in [4.78, 5) is 15.6. The van der Waals surface area contributed by atoms with Crippen molar-refractivity contribution in [3.63, 3.8) is 0 Å². The van der Waals surface area contributed by atoms with E-state index in [-0.39, 0.29) is 11.4 Å². The van der Waals surface area contributed by atoms with Crippen molar-refractivity contribution >= 4 is 21.8 Å². The van der Waals surface area contributed by atoms with Gasteiger partial charge in [0.2, 0.25) is 0 Å². The Labute approximate surface area is 92.1 Å². The largest absolute Gasteiger partial charge is 0.345 e. The summed E-state index contributed by atoms with van der Waals surface area (Å²) >= 11 is 3.34.